The summed E-state index contributed by atoms with van der Waals surface area (Å²) in [5.74, 6) is 2.40. The van der Waals surface area contributed by atoms with Gasteiger partial charge in [0.25, 0.3) is 0 Å². The number of anilines is 2. The average Bonchev–Trinajstić information content (AvgIpc) is 3.68. The van der Waals surface area contributed by atoms with Gasteiger partial charge in [0.1, 0.15) is 5.75 Å². The molecule has 3 N–H and O–H groups in total. The fourth-order valence-electron chi connectivity index (χ4n) is 5.10. The van der Waals surface area contributed by atoms with Crippen LogP contribution in [0, 0.1) is 18.8 Å². The molecular weight excluding hydrogens is 476 g/mol. The van der Waals surface area contributed by atoms with Crippen LogP contribution < -0.4 is 20.7 Å². The number of nitrogens with zero attached hydrogens (tertiary/aromatic N) is 3. The summed E-state index contributed by atoms with van der Waals surface area (Å²) < 4.78 is 6.52. The van der Waals surface area contributed by atoms with Crippen LogP contribution in [0.5, 0.6) is 11.6 Å². The summed E-state index contributed by atoms with van der Waals surface area (Å²) in [5.41, 5.74) is 3.28. The Bertz CT molecular complexity index is 1480. The summed E-state index contributed by atoms with van der Waals surface area (Å²) in [4.78, 5) is 26.4. The summed E-state index contributed by atoms with van der Waals surface area (Å²) >= 11 is 0. The lowest BCUT2D eigenvalue weighted by atomic mass is 10.0. The molecule has 2 aliphatic rings. The lowest BCUT2D eigenvalue weighted by Crippen LogP contribution is -2.38. The van der Waals surface area contributed by atoms with E-state index >= 15 is 0 Å². The minimum atomic E-state index is 0.0808. The minimum absolute atomic E-state index is 0.0808. The second-order valence-corrected chi connectivity index (χ2v) is 10.3. The van der Waals surface area contributed by atoms with Crippen molar-refractivity contribution in [3.8, 4) is 22.9 Å². The third-order valence-corrected chi connectivity index (χ3v) is 7.44. The number of carbonyl (C=O) groups excluding carboxylic acids is 1. The van der Waals surface area contributed by atoms with Gasteiger partial charge in [0.15, 0.2) is 0 Å². The highest BCUT2D eigenvalue weighted by molar-refractivity contribution is 6.05. The number of ether oxygens (including phenoxy) is 1. The molecule has 1 saturated carbocycles. The molecule has 6 rings (SSSR count). The van der Waals surface area contributed by atoms with Gasteiger partial charge in [0.2, 0.25) is 17.7 Å². The highest BCUT2D eigenvalue weighted by Crippen LogP contribution is 2.41. The summed E-state index contributed by atoms with van der Waals surface area (Å²) in [7, 11) is 0. The molecule has 38 heavy (non-hydrogen) atoms. The van der Waals surface area contributed by atoms with Crippen molar-refractivity contribution in [3.05, 3.63) is 66.5 Å². The van der Waals surface area contributed by atoms with Crippen molar-refractivity contribution < 1.29 is 9.53 Å². The number of fused-ring (bicyclic) bond motifs is 1. The van der Waals surface area contributed by atoms with Crippen molar-refractivity contribution in [2.45, 2.75) is 39.2 Å². The predicted molar refractivity (Wildman–Crippen MR) is 149 cm³/mol. The molecule has 1 amide bonds. The molecule has 1 aliphatic carbocycles. The normalized spacial score (nSPS) is 20.6. The smallest absolute Gasteiger partial charge is 0.228 e. The van der Waals surface area contributed by atoms with E-state index in [-0.39, 0.29) is 11.8 Å². The molecule has 3 heterocycles. The zero-order valence-electron chi connectivity index (χ0n) is 21.7. The highest BCUT2D eigenvalue weighted by atomic mass is 16.5. The third kappa shape index (κ3) is 5.04. The largest absolute Gasteiger partial charge is 0.437 e. The van der Waals surface area contributed by atoms with Gasteiger partial charge in [-0.1, -0.05) is 31.2 Å². The van der Waals surface area contributed by atoms with E-state index in [0.717, 1.165) is 65.6 Å². The monoisotopic (exact) mass is 508 g/mol. The van der Waals surface area contributed by atoms with E-state index < -0.39 is 0 Å². The molecular formula is C30H32N6O2. The Hall–Kier alpha value is -4.04. The third-order valence-electron chi connectivity index (χ3n) is 7.44. The first-order valence-electron chi connectivity index (χ1n) is 13.3. The number of aromatic nitrogens is 3. The lowest BCUT2D eigenvalue weighted by Gasteiger charge is -2.23. The van der Waals surface area contributed by atoms with E-state index in [2.05, 4.69) is 32.8 Å². The van der Waals surface area contributed by atoms with Gasteiger partial charge >= 0.3 is 0 Å². The molecule has 1 saturated heterocycles. The SMILES string of the molecule is Cc1ccc2c(NC(=O)[C@@H]3C[C@@H]3C)cccc2c1Oc1ncccc1-c1ccnc(N[C@H]2CCCNC2)n1. The van der Waals surface area contributed by atoms with Gasteiger partial charge in [-0.2, -0.15) is 0 Å². The van der Waals surface area contributed by atoms with Crippen molar-refractivity contribution in [2.75, 3.05) is 23.7 Å². The van der Waals surface area contributed by atoms with Crippen LogP contribution in [-0.4, -0.2) is 40.0 Å². The molecule has 2 aromatic carbocycles. The van der Waals surface area contributed by atoms with Crippen molar-refractivity contribution in [2.24, 2.45) is 11.8 Å². The number of benzene rings is 2. The Labute approximate surface area is 222 Å². The van der Waals surface area contributed by atoms with Crippen LogP contribution in [0.3, 0.4) is 0 Å². The number of piperidine rings is 1. The number of amides is 1. The maximum atomic E-state index is 12.7. The first kappa shape index (κ1) is 24.3. The van der Waals surface area contributed by atoms with Gasteiger partial charge in [0, 0.05) is 47.4 Å². The molecule has 2 fully saturated rings. The van der Waals surface area contributed by atoms with Crippen molar-refractivity contribution in [1.29, 1.82) is 0 Å². The van der Waals surface area contributed by atoms with Gasteiger partial charge in [-0.15, -0.1) is 0 Å². The van der Waals surface area contributed by atoms with E-state index in [0.29, 0.717) is 29.5 Å². The Morgan fingerprint density at radius 3 is 2.76 bits per heavy atom. The molecule has 0 unspecified atom stereocenters. The summed E-state index contributed by atoms with van der Waals surface area (Å²) in [5, 5.41) is 11.8. The van der Waals surface area contributed by atoms with Crippen LogP contribution in [0.1, 0.15) is 31.7 Å². The number of hydrogen-bond acceptors (Lipinski definition) is 7. The predicted octanol–water partition coefficient (Wildman–Crippen LogP) is 5.55. The van der Waals surface area contributed by atoms with Crippen LogP contribution in [0.4, 0.5) is 11.6 Å². The Kier molecular flexibility index (Phi) is 6.64. The number of aryl methyl sites for hydroxylation is 1. The van der Waals surface area contributed by atoms with E-state index in [1.54, 1.807) is 12.4 Å². The summed E-state index contributed by atoms with van der Waals surface area (Å²) in [6.45, 7) is 6.07. The first-order chi connectivity index (χ1) is 18.6. The van der Waals surface area contributed by atoms with E-state index in [4.69, 9.17) is 9.72 Å². The Morgan fingerprint density at radius 1 is 1.05 bits per heavy atom. The van der Waals surface area contributed by atoms with Gasteiger partial charge in [0.05, 0.1) is 11.3 Å². The molecule has 8 heteroatoms. The number of pyridine rings is 1. The van der Waals surface area contributed by atoms with Crippen LogP contribution in [0.2, 0.25) is 0 Å². The molecule has 0 bridgehead atoms. The first-order valence-corrected chi connectivity index (χ1v) is 13.3. The van der Waals surface area contributed by atoms with Crippen LogP contribution >= 0.6 is 0 Å². The number of nitrogens with one attached hydrogen (secondary N) is 3. The summed E-state index contributed by atoms with van der Waals surface area (Å²) in [6.07, 6.45) is 6.65. The van der Waals surface area contributed by atoms with Gasteiger partial charge in [-0.05, 0) is 68.5 Å². The van der Waals surface area contributed by atoms with E-state index in [9.17, 15) is 4.79 Å². The van der Waals surface area contributed by atoms with Crippen molar-refractivity contribution in [3.63, 3.8) is 0 Å². The molecule has 4 aromatic rings. The molecule has 2 aromatic heterocycles. The second-order valence-electron chi connectivity index (χ2n) is 10.3. The molecule has 8 nitrogen and oxygen atoms in total. The molecule has 194 valence electrons. The molecule has 1 aliphatic heterocycles. The zero-order valence-corrected chi connectivity index (χ0v) is 21.7. The van der Waals surface area contributed by atoms with Crippen LogP contribution in [-0.2, 0) is 4.79 Å². The van der Waals surface area contributed by atoms with Gasteiger partial charge < -0.3 is 20.7 Å². The Balaban J connectivity index is 1.31. The Morgan fingerprint density at radius 2 is 1.95 bits per heavy atom. The fraction of sp³-hybridized carbons (Fsp3) is 0.333. The molecule has 0 spiro atoms. The topological polar surface area (TPSA) is 101 Å². The van der Waals surface area contributed by atoms with Gasteiger partial charge in [-0.25, -0.2) is 15.0 Å². The van der Waals surface area contributed by atoms with Crippen LogP contribution in [0.25, 0.3) is 22.0 Å². The average molecular weight is 509 g/mol. The zero-order chi connectivity index (χ0) is 26.1. The van der Waals surface area contributed by atoms with Crippen molar-refractivity contribution >= 4 is 28.3 Å². The fourth-order valence-corrected chi connectivity index (χ4v) is 5.10. The quantitative estimate of drug-likeness (QED) is 0.301. The minimum Gasteiger partial charge on any atom is -0.437 e. The number of rotatable bonds is 7. The molecule has 3 atom stereocenters. The maximum Gasteiger partial charge on any atom is 0.228 e. The summed E-state index contributed by atoms with van der Waals surface area (Å²) in [6, 6.07) is 16.0. The van der Waals surface area contributed by atoms with E-state index in [1.807, 2.05) is 55.5 Å². The second kappa shape index (κ2) is 10.4. The lowest BCUT2D eigenvalue weighted by molar-refractivity contribution is -0.117. The molecule has 0 radical (unpaired) electrons. The number of carbonyl (C=O) groups is 1. The maximum absolute atomic E-state index is 12.7. The van der Waals surface area contributed by atoms with Crippen molar-refractivity contribution in [1.82, 2.24) is 20.3 Å². The highest BCUT2D eigenvalue weighted by Gasteiger charge is 2.39. The standard InChI is InChI=1S/C30H32N6O2/c1-18-10-11-21-22(7-3-9-25(21)35-28(37)24-16-19(24)2)27(18)38-29-23(8-5-14-32-29)26-12-15-33-30(36-26)34-20-6-4-13-31-17-20/h3,5,7-12,14-15,19-20,24,31H,4,6,13,16-17H2,1-2H3,(H,35,37)(H,33,34,36)/t19-,20-,24+/m0/s1. The van der Waals surface area contributed by atoms with E-state index in [1.165, 1.54) is 0 Å². The van der Waals surface area contributed by atoms with Gasteiger partial charge in [-0.3, -0.25) is 4.79 Å². The van der Waals surface area contributed by atoms with Crippen LogP contribution in [0.15, 0.2) is 60.9 Å². The number of hydrogen-bond donors (Lipinski definition) is 3.